The van der Waals surface area contributed by atoms with Crippen LogP contribution in [0.4, 0.5) is 5.69 Å². The number of fused-ring (bicyclic) bond motifs is 5. The highest BCUT2D eigenvalue weighted by Crippen LogP contribution is 2.53. The zero-order valence-corrected chi connectivity index (χ0v) is 12.9. The van der Waals surface area contributed by atoms with Crippen molar-refractivity contribution in [3.8, 4) is 11.3 Å². The summed E-state index contributed by atoms with van der Waals surface area (Å²) >= 11 is 1.30. The number of benzene rings is 1. The molecule has 0 spiro atoms. The van der Waals surface area contributed by atoms with Gasteiger partial charge >= 0.3 is 0 Å². The predicted molar refractivity (Wildman–Crippen MR) is 85.6 cm³/mol. The normalized spacial score (nSPS) is 31.2. The van der Waals surface area contributed by atoms with E-state index in [2.05, 4.69) is 21.7 Å². The number of aromatic nitrogens is 2. The average Bonchev–Trinajstić information content (AvgIpc) is 3.33. The largest absolute Gasteiger partial charge is 0.274 e. The molecule has 0 unspecified atom stereocenters. The van der Waals surface area contributed by atoms with Crippen LogP contribution in [0.15, 0.2) is 41.8 Å². The Morgan fingerprint density at radius 2 is 1.65 bits per heavy atom. The van der Waals surface area contributed by atoms with Gasteiger partial charge in [0.1, 0.15) is 5.69 Å². The average molecular weight is 323 g/mol. The van der Waals surface area contributed by atoms with Gasteiger partial charge in [-0.1, -0.05) is 28.8 Å². The third kappa shape index (κ3) is 1.72. The summed E-state index contributed by atoms with van der Waals surface area (Å²) in [7, 11) is 0. The van der Waals surface area contributed by atoms with Crippen LogP contribution in [-0.4, -0.2) is 21.4 Å². The lowest BCUT2D eigenvalue weighted by atomic mass is 9.85. The molecular formula is C17H13N3O2S. The molecule has 3 aliphatic rings. The van der Waals surface area contributed by atoms with Gasteiger partial charge < -0.3 is 0 Å². The number of hydrogen-bond acceptors (Lipinski definition) is 5. The summed E-state index contributed by atoms with van der Waals surface area (Å²) in [4.78, 5) is 26.9. The molecule has 5 nitrogen and oxygen atoms in total. The second-order valence-corrected chi connectivity index (χ2v) is 6.96. The van der Waals surface area contributed by atoms with Crippen LogP contribution in [0, 0.1) is 23.7 Å². The summed E-state index contributed by atoms with van der Waals surface area (Å²) in [5, 5.41) is 5.90. The maximum absolute atomic E-state index is 12.8. The summed E-state index contributed by atoms with van der Waals surface area (Å²) in [5.41, 5.74) is 2.39. The Morgan fingerprint density at radius 3 is 2.22 bits per heavy atom. The lowest BCUT2D eigenvalue weighted by Crippen LogP contribution is -2.32. The van der Waals surface area contributed by atoms with Gasteiger partial charge in [-0.15, -0.1) is 5.10 Å². The van der Waals surface area contributed by atoms with Crippen molar-refractivity contribution < 1.29 is 9.59 Å². The summed E-state index contributed by atoms with van der Waals surface area (Å²) < 4.78 is 3.85. The first kappa shape index (κ1) is 13.1. The molecule has 4 atom stereocenters. The number of rotatable bonds is 2. The molecule has 0 N–H and O–H groups in total. The molecule has 2 aliphatic carbocycles. The van der Waals surface area contributed by atoms with Crippen molar-refractivity contribution in [1.82, 2.24) is 9.59 Å². The number of carbonyl (C=O) groups is 2. The van der Waals surface area contributed by atoms with Crippen LogP contribution in [0.1, 0.15) is 6.42 Å². The Morgan fingerprint density at radius 1 is 1.00 bits per heavy atom. The molecule has 1 aromatic carbocycles. The van der Waals surface area contributed by atoms with Crippen LogP contribution < -0.4 is 4.90 Å². The van der Waals surface area contributed by atoms with Gasteiger partial charge in [0.2, 0.25) is 11.8 Å². The molecule has 1 saturated heterocycles. The SMILES string of the molecule is O=C1[C@@H]2[C@H](C(=O)N1c1ccc(-c3csnn3)cc1)[C@H]1C=C[C@@H]2C1. The fourth-order valence-electron chi connectivity index (χ4n) is 4.23. The Labute approximate surface area is 136 Å². The number of allylic oxidation sites excluding steroid dienone is 2. The second-order valence-electron chi connectivity index (χ2n) is 6.35. The van der Waals surface area contributed by atoms with Crippen LogP contribution >= 0.6 is 11.5 Å². The van der Waals surface area contributed by atoms with Gasteiger partial charge in [-0.05, 0) is 41.9 Å². The summed E-state index contributed by atoms with van der Waals surface area (Å²) in [6, 6.07) is 7.41. The first-order valence-corrected chi connectivity index (χ1v) is 8.51. The van der Waals surface area contributed by atoms with Gasteiger partial charge in [-0.25, -0.2) is 0 Å². The second kappa shape index (κ2) is 4.58. The van der Waals surface area contributed by atoms with Crippen molar-refractivity contribution in [1.29, 1.82) is 0 Å². The molecule has 2 amide bonds. The van der Waals surface area contributed by atoms with E-state index in [0.717, 1.165) is 17.7 Å². The van der Waals surface area contributed by atoms with E-state index in [4.69, 9.17) is 0 Å². The van der Waals surface area contributed by atoms with E-state index in [1.165, 1.54) is 16.4 Å². The quantitative estimate of drug-likeness (QED) is 0.629. The molecule has 23 heavy (non-hydrogen) atoms. The first-order chi connectivity index (χ1) is 11.2. The van der Waals surface area contributed by atoms with E-state index < -0.39 is 0 Å². The number of anilines is 1. The highest BCUT2D eigenvalue weighted by atomic mass is 32.1. The van der Waals surface area contributed by atoms with E-state index in [1.807, 2.05) is 29.6 Å². The number of carbonyl (C=O) groups excluding carboxylic acids is 2. The molecule has 1 saturated carbocycles. The van der Waals surface area contributed by atoms with E-state index in [-0.39, 0.29) is 35.5 Å². The van der Waals surface area contributed by atoms with Crippen LogP contribution in [-0.2, 0) is 9.59 Å². The molecule has 2 bridgehead atoms. The van der Waals surface area contributed by atoms with Crippen LogP contribution in [0.25, 0.3) is 11.3 Å². The Bertz CT molecular complexity index is 798. The monoisotopic (exact) mass is 323 g/mol. The van der Waals surface area contributed by atoms with Crippen LogP contribution in [0.5, 0.6) is 0 Å². The zero-order valence-electron chi connectivity index (χ0n) is 12.1. The molecule has 2 aromatic rings. The van der Waals surface area contributed by atoms with Crippen molar-refractivity contribution >= 4 is 29.0 Å². The Balaban J connectivity index is 1.49. The Kier molecular flexibility index (Phi) is 2.61. The molecular weight excluding hydrogens is 310 g/mol. The molecule has 2 fully saturated rings. The third-order valence-electron chi connectivity index (χ3n) is 5.25. The third-order valence-corrected chi connectivity index (χ3v) is 5.76. The summed E-state index contributed by atoms with van der Waals surface area (Å²) in [5.74, 6) is 0.0956. The highest BCUT2D eigenvalue weighted by molar-refractivity contribution is 7.03. The maximum Gasteiger partial charge on any atom is 0.238 e. The molecule has 1 aromatic heterocycles. The number of hydrogen-bond donors (Lipinski definition) is 0. The lowest BCUT2D eigenvalue weighted by Gasteiger charge is -2.17. The van der Waals surface area contributed by atoms with Gasteiger partial charge in [-0.2, -0.15) is 0 Å². The molecule has 2 heterocycles. The van der Waals surface area contributed by atoms with Crippen LogP contribution in [0.3, 0.4) is 0 Å². The molecule has 6 heteroatoms. The summed E-state index contributed by atoms with van der Waals surface area (Å²) in [6.07, 6.45) is 5.17. The number of nitrogens with zero attached hydrogens (tertiary/aromatic N) is 3. The van der Waals surface area contributed by atoms with Crippen molar-refractivity contribution in [3.05, 3.63) is 41.8 Å². The van der Waals surface area contributed by atoms with Gasteiger partial charge in [0, 0.05) is 10.9 Å². The standard InChI is InChI=1S/C17H13N3O2S/c21-16-14-10-1-2-11(7-10)15(14)17(22)20(16)12-5-3-9(4-6-12)13-8-23-19-18-13/h1-6,8,10-11,14-15H,7H2/t10-,11+,14+,15-. The van der Waals surface area contributed by atoms with E-state index in [0.29, 0.717) is 5.69 Å². The van der Waals surface area contributed by atoms with Crippen molar-refractivity contribution in [2.24, 2.45) is 23.7 Å². The minimum absolute atomic E-state index is 0.0417. The lowest BCUT2D eigenvalue weighted by molar-refractivity contribution is -0.123. The molecule has 114 valence electrons. The summed E-state index contributed by atoms with van der Waals surface area (Å²) in [6.45, 7) is 0. The van der Waals surface area contributed by atoms with Crippen molar-refractivity contribution in [2.75, 3.05) is 4.90 Å². The van der Waals surface area contributed by atoms with E-state index in [9.17, 15) is 9.59 Å². The highest BCUT2D eigenvalue weighted by Gasteiger charge is 2.59. The van der Waals surface area contributed by atoms with E-state index in [1.54, 1.807) is 0 Å². The topological polar surface area (TPSA) is 63.2 Å². The van der Waals surface area contributed by atoms with E-state index >= 15 is 0 Å². The fraction of sp³-hybridized carbons (Fsp3) is 0.294. The smallest absolute Gasteiger partial charge is 0.238 e. The van der Waals surface area contributed by atoms with Gasteiger partial charge in [0.15, 0.2) is 0 Å². The Hall–Kier alpha value is -2.34. The van der Waals surface area contributed by atoms with Gasteiger partial charge in [0.05, 0.1) is 17.5 Å². The van der Waals surface area contributed by atoms with Crippen molar-refractivity contribution in [3.63, 3.8) is 0 Å². The molecule has 1 aliphatic heterocycles. The predicted octanol–water partition coefficient (Wildman–Crippen LogP) is 2.52. The van der Waals surface area contributed by atoms with Crippen molar-refractivity contribution in [2.45, 2.75) is 6.42 Å². The number of amides is 2. The minimum Gasteiger partial charge on any atom is -0.274 e. The molecule has 0 radical (unpaired) electrons. The zero-order chi connectivity index (χ0) is 15.6. The number of imide groups is 1. The fourth-order valence-corrected chi connectivity index (χ4v) is 4.69. The minimum atomic E-state index is -0.153. The van der Waals surface area contributed by atoms with Crippen LogP contribution in [0.2, 0.25) is 0 Å². The maximum atomic E-state index is 12.8. The van der Waals surface area contributed by atoms with Gasteiger partial charge in [-0.3, -0.25) is 14.5 Å². The first-order valence-electron chi connectivity index (χ1n) is 7.67. The van der Waals surface area contributed by atoms with Gasteiger partial charge in [0.25, 0.3) is 0 Å². The molecule has 5 rings (SSSR count).